The van der Waals surface area contributed by atoms with Gasteiger partial charge in [0.2, 0.25) is 0 Å². The molecule has 0 aliphatic rings. The lowest BCUT2D eigenvalue weighted by Gasteiger charge is -2.18. The number of rotatable bonds is 55. The summed E-state index contributed by atoms with van der Waals surface area (Å²) in [4.78, 5) is 38.2. The third-order valence-corrected chi connectivity index (χ3v) is 12.5. The standard InChI is InChI=1S/C76H114O6/c1-4-7-10-13-16-19-22-24-26-28-30-32-34-36-38-40-42-44-46-48-50-52-54-57-60-63-66-69-75(78)81-72-73(71-80-74(77)68-65-62-59-56-21-18-15-12-9-6-3)82-76(79)70-67-64-61-58-55-53-51-49-47-45-43-41-39-37-35-33-31-29-27-25-23-20-17-14-11-8-5-2/h7-8,10-12,15-17,19-20,24-27,30-33,36-39,42-45,48-51,54-55,57-58,73H,4-6,9,13-14,18,21-23,28-29,34-35,40-41,46-47,52-53,56,59-72H2,1-3H3/b10-7-,11-8-,15-12-,19-16-,20-17-,26-24-,27-25-,32-30-,33-31-,38-36-,39-37-,44-42-,45-43-,50-48-,51-49-,57-54-,58-55-. The van der Waals surface area contributed by atoms with Crippen LogP contribution >= 0.6 is 0 Å². The average molecular weight is 1120 g/mol. The van der Waals surface area contributed by atoms with Gasteiger partial charge in [-0.1, -0.05) is 253 Å². The number of ether oxygens (including phenoxy) is 3. The highest BCUT2D eigenvalue weighted by Gasteiger charge is 2.19. The minimum atomic E-state index is -0.837. The normalized spacial score (nSPS) is 13.5. The van der Waals surface area contributed by atoms with E-state index in [1.54, 1.807) is 0 Å². The molecular weight excluding hydrogens is 1010 g/mol. The predicted octanol–water partition coefficient (Wildman–Crippen LogP) is 22.4. The second-order valence-electron chi connectivity index (χ2n) is 20.2. The largest absolute Gasteiger partial charge is 0.462 e. The number of hydrogen-bond donors (Lipinski definition) is 0. The van der Waals surface area contributed by atoms with E-state index in [1.807, 2.05) is 0 Å². The fourth-order valence-electron chi connectivity index (χ4n) is 7.77. The van der Waals surface area contributed by atoms with Crippen molar-refractivity contribution in [2.75, 3.05) is 13.2 Å². The Morgan fingerprint density at radius 2 is 0.476 bits per heavy atom. The molecule has 0 saturated carbocycles. The maximum atomic E-state index is 12.9. The summed E-state index contributed by atoms with van der Waals surface area (Å²) in [6.45, 7) is 6.24. The maximum absolute atomic E-state index is 12.9. The van der Waals surface area contributed by atoms with Gasteiger partial charge >= 0.3 is 17.9 Å². The van der Waals surface area contributed by atoms with Crippen LogP contribution in [0.5, 0.6) is 0 Å². The van der Waals surface area contributed by atoms with Crippen LogP contribution in [0, 0.1) is 0 Å². The lowest BCUT2D eigenvalue weighted by molar-refractivity contribution is -0.167. The number of unbranched alkanes of at least 4 members (excludes halogenated alkanes) is 10. The molecular formula is C76H114O6. The topological polar surface area (TPSA) is 78.9 Å². The lowest BCUT2D eigenvalue weighted by atomic mass is 10.1. The van der Waals surface area contributed by atoms with Crippen LogP contribution in [0.1, 0.15) is 233 Å². The molecule has 1 atom stereocenters. The van der Waals surface area contributed by atoms with E-state index < -0.39 is 6.10 Å². The monoisotopic (exact) mass is 1120 g/mol. The molecule has 454 valence electrons. The second-order valence-corrected chi connectivity index (χ2v) is 20.2. The molecule has 0 aromatic heterocycles. The molecule has 1 unspecified atom stereocenters. The van der Waals surface area contributed by atoms with Crippen molar-refractivity contribution >= 4 is 17.9 Å². The highest BCUT2D eigenvalue weighted by atomic mass is 16.6. The Bertz CT molecular complexity index is 2020. The Balaban J connectivity index is 4.49. The van der Waals surface area contributed by atoms with Crippen LogP contribution in [0.3, 0.4) is 0 Å². The molecule has 0 radical (unpaired) electrons. The first-order valence-electron chi connectivity index (χ1n) is 32.1. The van der Waals surface area contributed by atoms with Gasteiger partial charge in [-0.2, -0.15) is 0 Å². The molecule has 0 amide bonds. The first kappa shape index (κ1) is 76.0. The van der Waals surface area contributed by atoms with Crippen molar-refractivity contribution in [1.29, 1.82) is 0 Å². The molecule has 0 N–H and O–H groups in total. The Morgan fingerprint density at radius 1 is 0.256 bits per heavy atom. The summed E-state index contributed by atoms with van der Waals surface area (Å²) in [5.74, 6) is -1.04. The summed E-state index contributed by atoms with van der Waals surface area (Å²) in [6.07, 6.45) is 104. The van der Waals surface area contributed by atoms with E-state index in [-0.39, 0.29) is 44.0 Å². The zero-order valence-corrected chi connectivity index (χ0v) is 51.9. The summed E-state index contributed by atoms with van der Waals surface area (Å²) >= 11 is 0. The highest BCUT2D eigenvalue weighted by molar-refractivity contribution is 5.71. The SMILES string of the molecule is CC/C=C\C/C=C\C/C=C\C/C=C\C/C=C\C/C=C\C/C=C\C/C=C\CCCCC(=O)OCC(COC(=O)CCCCCCC/C=C\CCC)OC(=O)CCCC/C=C\C/C=C\C/C=C\C/C=C\C/C=C\C/C=C\C/C=C\C/C=C\CC. The van der Waals surface area contributed by atoms with Gasteiger partial charge in [0.05, 0.1) is 0 Å². The van der Waals surface area contributed by atoms with E-state index in [4.69, 9.17) is 14.2 Å². The van der Waals surface area contributed by atoms with Gasteiger partial charge in [0.1, 0.15) is 13.2 Å². The van der Waals surface area contributed by atoms with Crippen molar-refractivity contribution in [1.82, 2.24) is 0 Å². The van der Waals surface area contributed by atoms with E-state index in [0.29, 0.717) is 19.3 Å². The molecule has 6 nitrogen and oxygen atoms in total. The van der Waals surface area contributed by atoms with Gasteiger partial charge in [-0.15, -0.1) is 0 Å². The summed E-state index contributed by atoms with van der Waals surface area (Å²) < 4.78 is 16.8. The number of allylic oxidation sites excluding steroid dienone is 34. The average Bonchev–Trinajstić information content (AvgIpc) is 3.48. The van der Waals surface area contributed by atoms with Crippen LogP contribution in [0.4, 0.5) is 0 Å². The van der Waals surface area contributed by atoms with Crippen LogP contribution in [0.2, 0.25) is 0 Å². The van der Waals surface area contributed by atoms with Gasteiger partial charge in [-0.25, -0.2) is 0 Å². The predicted molar refractivity (Wildman–Crippen MR) is 357 cm³/mol. The number of carbonyl (C=O) groups excluding carboxylic acids is 3. The molecule has 82 heavy (non-hydrogen) atoms. The van der Waals surface area contributed by atoms with E-state index in [9.17, 15) is 14.4 Å². The molecule has 0 spiro atoms. The molecule has 6 heteroatoms. The van der Waals surface area contributed by atoms with Crippen LogP contribution in [0.15, 0.2) is 207 Å². The third kappa shape index (κ3) is 64.8. The Kier molecular flexibility index (Phi) is 62.5. The fourth-order valence-corrected chi connectivity index (χ4v) is 7.77. The van der Waals surface area contributed by atoms with Crippen molar-refractivity contribution in [3.8, 4) is 0 Å². The lowest BCUT2D eigenvalue weighted by Crippen LogP contribution is -2.30. The van der Waals surface area contributed by atoms with Crippen molar-refractivity contribution in [3.63, 3.8) is 0 Å². The van der Waals surface area contributed by atoms with E-state index in [2.05, 4.69) is 227 Å². The van der Waals surface area contributed by atoms with Gasteiger partial charge in [0.15, 0.2) is 6.10 Å². The number of esters is 3. The van der Waals surface area contributed by atoms with E-state index in [0.717, 1.165) is 167 Å². The first-order valence-corrected chi connectivity index (χ1v) is 32.1. The Morgan fingerprint density at radius 3 is 0.780 bits per heavy atom. The molecule has 0 saturated heterocycles. The van der Waals surface area contributed by atoms with Crippen LogP contribution in [0.25, 0.3) is 0 Å². The minimum absolute atomic E-state index is 0.126. The van der Waals surface area contributed by atoms with Gasteiger partial charge in [-0.05, 0) is 167 Å². The number of hydrogen-bond acceptors (Lipinski definition) is 6. The molecule has 0 fully saturated rings. The molecule has 0 aliphatic carbocycles. The van der Waals surface area contributed by atoms with Gasteiger partial charge < -0.3 is 14.2 Å². The Labute approximate surface area is 502 Å². The Hall–Kier alpha value is -6.01. The van der Waals surface area contributed by atoms with Gasteiger partial charge in [-0.3, -0.25) is 14.4 Å². The summed E-state index contributed by atoms with van der Waals surface area (Å²) in [7, 11) is 0. The van der Waals surface area contributed by atoms with Crippen molar-refractivity contribution in [2.24, 2.45) is 0 Å². The molecule has 0 aliphatic heterocycles. The van der Waals surface area contributed by atoms with Crippen molar-refractivity contribution in [3.05, 3.63) is 207 Å². The van der Waals surface area contributed by atoms with Gasteiger partial charge in [0, 0.05) is 19.3 Å². The zero-order valence-electron chi connectivity index (χ0n) is 51.9. The second kappa shape index (κ2) is 67.5. The van der Waals surface area contributed by atoms with E-state index in [1.165, 1.54) is 12.8 Å². The van der Waals surface area contributed by atoms with Crippen LogP contribution in [-0.4, -0.2) is 37.2 Å². The van der Waals surface area contributed by atoms with E-state index >= 15 is 0 Å². The van der Waals surface area contributed by atoms with Crippen molar-refractivity contribution < 1.29 is 28.6 Å². The summed E-state index contributed by atoms with van der Waals surface area (Å²) in [5, 5.41) is 0. The smallest absolute Gasteiger partial charge is 0.306 e. The fraction of sp³-hybridized carbons (Fsp3) is 0.513. The quantitative estimate of drug-likeness (QED) is 0.0261. The van der Waals surface area contributed by atoms with Gasteiger partial charge in [0.25, 0.3) is 0 Å². The molecule has 0 heterocycles. The maximum Gasteiger partial charge on any atom is 0.306 e. The molecule has 0 bridgehead atoms. The molecule has 0 rings (SSSR count). The van der Waals surface area contributed by atoms with Crippen LogP contribution < -0.4 is 0 Å². The minimum Gasteiger partial charge on any atom is -0.462 e. The third-order valence-electron chi connectivity index (χ3n) is 12.5. The first-order chi connectivity index (χ1) is 40.5. The molecule has 0 aromatic carbocycles. The summed E-state index contributed by atoms with van der Waals surface area (Å²) in [6, 6.07) is 0. The number of carbonyl (C=O) groups is 3. The highest BCUT2D eigenvalue weighted by Crippen LogP contribution is 2.12. The molecule has 0 aromatic rings. The van der Waals surface area contributed by atoms with Crippen LogP contribution in [-0.2, 0) is 28.6 Å². The van der Waals surface area contributed by atoms with Crippen molar-refractivity contribution in [2.45, 2.75) is 239 Å². The summed E-state index contributed by atoms with van der Waals surface area (Å²) in [5.41, 5.74) is 0. The zero-order chi connectivity index (χ0) is 59.2.